The number of carbonyl (C=O) groups excluding carboxylic acids is 2. The Morgan fingerprint density at radius 1 is 1.53 bits per heavy atom. The van der Waals surface area contributed by atoms with Gasteiger partial charge in [-0.05, 0) is 20.3 Å². The van der Waals surface area contributed by atoms with E-state index in [1.807, 2.05) is 0 Å². The van der Waals surface area contributed by atoms with Crippen LogP contribution in [0.15, 0.2) is 0 Å². The SMILES string of the molecule is CN1C(=O)CCC(NCC(C)(C)C(=O)O)C1=O. The van der Waals surface area contributed by atoms with Gasteiger partial charge in [0.25, 0.3) is 0 Å². The summed E-state index contributed by atoms with van der Waals surface area (Å²) >= 11 is 0. The molecule has 1 atom stereocenters. The molecule has 0 spiro atoms. The first-order chi connectivity index (χ1) is 7.75. The second kappa shape index (κ2) is 4.83. The van der Waals surface area contributed by atoms with Gasteiger partial charge < -0.3 is 10.4 Å². The first-order valence-corrected chi connectivity index (χ1v) is 5.53. The monoisotopic (exact) mass is 242 g/mol. The van der Waals surface area contributed by atoms with Crippen LogP contribution in [0.3, 0.4) is 0 Å². The van der Waals surface area contributed by atoms with E-state index in [1.165, 1.54) is 7.05 Å². The van der Waals surface area contributed by atoms with Crippen LogP contribution in [0.5, 0.6) is 0 Å². The third-order valence-corrected chi connectivity index (χ3v) is 3.02. The molecule has 1 saturated heterocycles. The molecule has 0 aromatic heterocycles. The fourth-order valence-electron chi connectivity index (χ4n) is 1.56. The number of nitrogens with zero attached hydrogens (tertiary/aromatic N) is 1. The van der Waals surface area contributed by atoms with Crippen molar-refractivity contribution in [3.63, 3.8) is 0 Å². The van der Waals surface area contributed by atoms with Crippen molar-refractivity contribution >= 4 is 17.8 Å². The summed E-state index contributed by atoms with van der Waals surface area (Å²) in [7, 11) is 1.45. The summed E-state index contributed by atoms with van der Waals surface area (Å²) in [6.45, 7) is 3.37. The number of rotatable bonds is 4. The molecule has 1 aliphatic heterocycles. The van der Waals surface area contributed by atoms with Gasteiger partial charge in [-0.15, -0.1) is 0 Å². The van der Waals surface area contributed by atoms with Crippen LogP contribution in [0, 0.1) is 5.41 Å². The van der Waals surface area contributed by atoms with Gasteiger partial charge in [0.1, 0.15) is 0 Å². The van der Waals surface area contributed by atoms with Gasteiger partial charge in [0, 0.05) is 20.0 Å². The summed E-state index contributed by atoms with van der Waals surface area (Å²) in [6.07, 6.45) is 0.741. The Balaban J connectivity index is 2.56. The van der Waals surface area contributed by atoms with Crippen molar-refractivity contribution in [2.24, 2.45) is 5.41 Å². The molecule has 1 unspecified atom stereocenters. The van der Waals surface area contributed by atoms with Gasteiger partial charge in [0.2, 0.25) is 11.8 Å². The number of likely N-dealkylation sites (N-methyl/N-ethyl adjacent to an activating group) is 1. The lowest BCUT2D eigenvalue weighted by molar-refractivity contribution is -0.150. The van der Waals surface area contributed by atoms with E-state index in [2.05, 4.69) is 5.32 Å². The Morgan fingerprint density at radius 3 is 2.65 bits per heavy atom. The maximum atomic E-state index is 11.7. The van der Waals surface area contributed by atoms with Crippen molar-refractivity contribution in [2.45, 2.75) is 32.7 Å². The molecule has 0 saturated carbocycles. The molecule has 6 heteroatoms. The number of carbonyl (C=O) groups is 3. The zero-order valence-electron chi connectivity index (χ0n) is 10.3. The van der Waals surface area contributed by atoms with Crippen molar-refractivity contribution in [3.8, 4) is 0 Å². The number of aliphatic carboxylic acids is 1. The van der Waals surface area contributed by atoms with Crippen LogP contribution in [0.2, 0.25) is 0 Å². The summed E-state index contributed by atoms with van der Waals surface area (Å²) in [5.41, 5.74) is -0.930. The lowest BCUT2D eigenvalue weighted by Crippen LogP contribution is -2.53. The number of likely N-dealkylation sites (tertiary alicyclic amines) is 1. The number of hydrogen-bond donors (Lipinski definition) is 2. The fraction of sp³-hybridized carbons (Fsp3) is 0.727. The highest BCUT2D eigenvalue weighted by molar-refractivity contribution is 6.00. The van der Waals surface area contributed by atoms with Gasteiger partial charge in [-0.1, -0.05) is 0 Å². The van der Waals surface area contributed by atoms with Crippen LogP contribution in [0.1, 0.15) is 26.7 Å². The maximum absolute atomic E-state index is 11.7. The molecule has 96 valence electrons. The van der Waals surface area contributed by atoms with Crippen molar-refractivity contribution in [3.05, 3.63) is 0 Å². The number of amides is 2. The number of nitrogens with one attached hydrogen (secondary N) is 1. The fourth-order valence-corrected chi connectivity index (χ4v) is 1.56. The van der Waals surface area contributed by atoms with Crippen molar-refractivity contribution in [1.29, 1.82) is 0 Å². The molecule has 2 amide bonds. The van der Waals surface area contributed by atoms with Gasteiger partial charge in [-0.3, -0.25) is 19.3 Å². The molecule has 6 nitrogen and oxygen atoms in total. The minimum absolute atomic E-state index is 0.189. The average Bonchev–Trinajstić information content (AvgIpc) is 2.25. The van der Waals surface area contributed by atoms with E-state index in [1.54, 1.807) is 13.8 Å². The number of hydrogen-bond acceptors (Lipinski definition) is 4. The second-order valence-electron chi connectivity index (χ2n) is 4.95. The predicted molar refractivity (Wildman–Crippen MR) is 60.2 cm³/mol. The molecule has 0 aromatic carbocycles. The van der Waals surface area contributed by atoms with Crippen LogP contribution in [0.4, 0.5) is 0 Å². The summed E-state index contributed by atoms with van der Waals surface area (Å²) in [5.74, 6) is -1.40. The Bertz CT molecular complexity index is 351. The van der Waals surface area contributed by atoms with E-state index in [4.69, 9.17) is 5.11 Å². The number of carboxylic acids is 1. The van der Waals surface area contributed by atoms with Gasteiger partial charge in [-0.25, -0.2) is 0 Å². The Morgan fingerprint density at radius 2 is 2.12 bits per heavy atom. The van der Waals surface area contributed by atoms with Gasteiger partial charge >= 0.3 is 5.97 Å². The molecule has 0 aromatic rings. The van der Waals surface area contributed by atoms with E-state index in [9.17, 15) is 14.4 Å². The van der Waals surface area contributed by atoms with E-state index >= 15 is 0 Å². The van der Waals surface area contributed by atoms with Crippen LogP contribution in [-0.4, -0.2) is 47.4 Å². The number of imide groups is 1. The van der Waals surface area contributed by atoms with E-state index in [0.29, 0.717) is 12.8 Å². The highest BCUT2D eigenvalue weighted by Gasteiger charge is 2.34. The quantitative estimate of drug-likeness (QED) is 0.669. The molecular weight excluding hydrogens is 224 g/mol. The lowest BCUT2D eigenvalue weighted by atomic mass is 9.93. The molecule has 0 aliphatic carbocycles. The predicted octanol–water partition coefficient (Wildman–Crippen LogP) is -0.166. The lowest BCUT2D eigenvalue weighted by Gasteiger charge is -2.30. The van der Waals surface area contributed by atoms with Crippen LogP contribution in [0.25, 0.3) is 0 Å². The first kappa shape index (κ1) is 13.6. The molecule has 0 bridgehead atoms. The smallest absolute Gasteiger partial charge is 0.310 e. The van der Waals surface area contributed by atoms with E-state index in [-0.39, 0.29) is 18.4 Å². The summed E-state index contributed by atoms with van der Waals surface area (Å²) < 4.78 is 0. The van der Waals surface area contributed by atoms with Crippen molar-refractivity contribution in [1.82, 2.24) is 10.2 Å². The van der Waals surface area contributed by atoms with Crippen molar-refractivity contribution in [2.75, 3.05) is 13.6 Å². The molecule has 1 rings (SSSR count). The largest absolute Gasteiger partial charge is 0.481 e. The van der Waals surface area contributed by atoms with Crippen molar-refractivity contribution < 1.29 is 19.5 Å². The van der Waals surface area contributed by atoms with Gasteiger partial charge in [0.15, 0.2) is 0 Å². The molecule has 1 fully saturated rings. The zero-order valence-corrected chi connectivity index (χ0v) is 10.3. The molecule has 1 aliphatic rings. The summed E-state index contributed by atoms with van der Waals surface area (Å²) in [5, 5.41) is 11.9. The molecule has 1 heterocycles. The summed E-state index contributed by atoms with van der Waals surface area (Å²) in [6, 6.07) is -0.462. The van der Waals surface area contributed by atoms with E-state index < -0.39 is 17.4 Å². The van der Waals surface area contributed by atoms with Gasteiger partial charge in [0.05, 0.1) is 11.5 Å². The molecular formula is C11H18N2O4. The minimum Gasteiger partial charge on any atom is -0.481 e. The third kappa shape index (κ3) is 3.03. The van der Waals surface area contributed by atoms with Crippen LogP contribution in [-0.2, 0) is 14.4 Å². The molecule has 0 radical (unpaired) electrons. The normalized spacial score (nSPS) is 21.8. The minimum atomic E-state index is -0.930. The van der Waals surface area contributed by atoms with Crippen LogP contribution < -0.4 is 5.32 Å². The third-order valence-electron chi connectivity index (χ3n) is 3.02. The van der Waals surface area contributed by atoms with Gasteiger partial charge in [-0.2, -0.15) is 0 Å². The average molecular weight is 242 g/mol. The highest BCUT2D eigenvalue weighted by Crippen LogP contribution is 2.16. The maximum Gasteiger partial charge on any atom is 0.310 e. The zero-order chi connectivity index (χ0) is 13.2. The Hall–Kier alpha value is -1.43. The summed E-state index contributed by atoms with van der Waals surface area (Å²) in [4.78, 5) is 35.0. The van der Waals surface area contributed by atoms with E-state index in [0.717, 1.165) is 4.90 Å². The highest BCUT2D eigenvalue weighted by atomic mass is 16.4. The standard InChI is InChI=1S/C11H18N2O4/c1-11(2,10(16)17)6-12-7-4-5-8(14)13(3)9(7)15/h7,12H,4-6H2,1-3H3,(H,16,17). The molecule has 17 heavy (non-hydrogen) atoms. The Kier molecular flexibility index (Phi) is 3.87. The first-order valence-electron chi connectivity index (χ1n) is 5.53. The van der Waals surface area contributed by atoms with Crippen LogP contribution >= 0.6 is 0 Å². The second-order valence-corrected chi connectivity index (χ2v) is 4.95. The number of carboxylic acid groups (broad SMARTS) is 1. The number of piperidine rings is 1. The topological polar surface area (TPSA) is 86.7 Å². The Labute approximate surface area is 100.0 Å². The molecule has 2 N–H and O–H groups in total.